The topological polar surface area (TPSA) is 61.8 Å². The Morgan fingerprint density at radius 3 is 2.35 bits per heavy atom. The summed E-state index contributed by atoms with van der Waals surface area (Å²) in [5, 5.41) is 13.7. The SMILES string of the molecule is COc1ccc(CC2(CNC3CC3c3ccccc3)CCN(CC3(C(=O)O)CCC3)CC2)cc1. The first-order chi connectivity index (χ1) is 16.5. The van der Waals surface area contributed by atoms with Gasteiger partial charge >= 0.3 is 5.97 Å². The number of hydrogen-bond donors (Lipinski definition) is 2. The number of nitrogens with one attached hydrogen (secondary N) is 1. The molecule has 2 unspecified atom stereocenters. The van der Waals surface area contributed by atoms with E-state index in [1.807, 2.05) is 0 Å². The highest BCUT2D eigenvalue weighted by Crippen LogP contribution is 2.45. The van der Waals surface area contributed by atoms with E-state index in [1.54, 1.807) is 7.11 Å². The highest BCUT2D eigenvalue weighted by molar-refractivity contribution is 5.76. The van der Waals surface area contributed by atoms with Crippen LogP contribution in [-0.4, -0.2) is 55.3 Å². The van der Waals surface area contributed by atoms with Crippen LogP contribution >= 0.6 is 0 Å². The van der Waals surface area contributed by atoms with E-state index in [9.17, 15) is 9.90 Å². The molecule has 0 aromatic heterocycles. The normalized spacial score (nSPS) is 25.3. The summed E-state index contributed by atoms with van der Waals surface area (Å²) in [5.74, 6) is 0.929. The van der Waals surface area contributed by atoms with Crippen LogP contribution in [0.15, 0.2) is 54.6 Å². The van der Waals surface area contributed by atoms with Gasteiger partial charge in [0.25, 0.3) is 0 Å². The van der Waals surface area contributed by atoms with Crippen molar-refractivity contribution in [2.75, 3.05) is 33.3 Å². The van der Waals surface area contributed by atoms with Crippen molar-refractivity contribution in [3.8, 4) is 5.75 Å². The summed E-state index contributed by atoms with van der Waals surface area (Å²) in [6, 6.07) is 19.9. The molecule has 5 nitrogen and oxygen atoms in total. The van der Waals surface area contributed by atoms with E-state index in [2.05, 4.69) is 64.8 Å². The van der Waals surface area contributed by atoms with Crippen LogP contribution in [0, 0.1) is 10.8 Å². The molecule has 2 atom stereocenters. The minimum atomic E-state index is -0.601. The van der Waals surface area contributed by atoms with E-state index < -0.39 is 11.4 Å². The third-order valence-corrected chi connectivity index (χ3v) is 8.70. The number of piperidine rings is 1. The zero-order valence-electron chi connectivity index (χ0n) is 20.3. The van der Waals surface area contributed by atoms with Crippen LogP contribution in [0.5, 0.6) is 5.75 Å². The van der Waals surface area contributed by atoms with Crippen molar-refractivity contribution in [2.24, 2.45) is 10.8 Å². The molecule has 0 spiro atoms. The molecule has 3 fully saturated rings. The van der Waals surface area contributed by atoms with Gasteiger partial charge in [0, 0.05) is 25.0 Å². The van der Waals surface area contributed by atoms with Gasteiger partial charge in [-0.3, -0.25) is 4.79 Å². The van der Waals surface area contributed by atoms with Crippen LogP contribution in [0.3, 0.4) is 0 Å². The first-order valence-electron chi connectivity index (χ1n) is 12.9. The molecule has 182 valence electrons. The first-order valence-corrected chi connectivity index (χ1v) is 12.9. The zero-order valence-corrected chi connectivity index (χ0v) is 20.3. The van der Waals surface area contributed by atoms with E-state index in [4.69, 9.17) is 4.74 Å². The van der Waals surface area contributed by atoms with Crippen molar-refractivity contribution in [2.45, 2.75) is 56.9 Å². The molecular weight excluding hydrogens is 424 g/mol. The van der Waals surface area contributed by atoms with Gasteiger partial charge in [-0.1, -0.05) is 48.9 Å². The van der Waals surface area contributed by atoms with Crippen LogP contribution in [-0.2, 0) is 11.2 Å². The van der Waals surface area contributed by atoms with Crippen LogP contribution < -0.4 is 10.1 Å². The molecule has 1 saturated heterocycles. The Morgan fingerprint density at radius 1 is 1.06 bits per heavy atom. The van der Waals surface area contributed by atoms with Gasteiger partial charge in [0.15, 0.2) is 0 Å². The lowest BCUT2D eigenvalue weighted by molar-refractivity contribution is -0.156. The van der Waals surface area contributed by atoms with Gasteiger partial charge in [-0.05, 0) is 80.3 Å². The second kappa shape index (κ2) is 9.71. The molecule has 5 rings (SSSR count). The molecular formula is C29H38N2O3. The van der Waals surface area contributed by atoms with Gasteiger partial charge in [-0.25, -0.2) is 0 Å². The van der Waals surface area contributed by atoms with Gasteiger partial charge < -0.3 is 20.1 Å². The summed E-state index contributed by atoms with van der Waals surface area (Å²) in [4.78, 5) is 14.3. The molecule has 2 aromatic rings. The molecule has 0 amide bonds. The quantitative estimate of drug-likeness (QED) is 0.535. The van der Waals surface area contributed by atoms with Crippen LogP contribution in [0.4, 0.5) is 0 Å². The molecule has 3 aliphatic rings. The number of ether oxygens (including phenoxy) is 1. The predicted molar refractivity (Wildman–Crippen MR) is 134 cm³/mol. The van der Waals surface area contributed by atoms with E-state index in [1.165, 1.54) is 17.5 Å². The second-order valence-electron chi connectivity index (χ2n) is 11.0. The number of hydrogen-bond acceptors (Lipinski definition) is 4. The van der Waals surface area contributed by atoms with Gasteiger partial charge in [0.1, 0.15) is 5.75 Å². The van der Waals surface area contributed by atoms with Crippen molar-refractivity contribution in [1.82, 2.24) is 10.2 Å². The highest BCUT2D eigenvalue weighted by Gasteiger charge is 2.47. The smallest absolute Gasteiger partial charge is 0.310 e. The Balaban J connectivity index is 1.23. The number of carbonyl (C=O) groups is 1. The molecule has 2 N–H and O–H groups in total. The standard InChI is InChI=1S/C29H38N2O3/c1-34-24-10-8-22(9-11-24)19-28(20-30-26-18-25(26)23-6-3-2-4-7-23)14-16-31(17-15-28)21-29(27(32)33)12-5-13-29/h2-4,6-11,25-26,30H,5,12-21H2,1H3,(H,32,33). The summed E-state index contributed by atoms with van der Waals surface area (Å²) in [6.07, 6.45) is 7.19. The average molecular weight is 463 g/mol. The summed E-state index contributed by atoms with van der Waals surface area (Å²) < 4.78 is 5.35. The van der Waals surface area contributed by atoms with Crippen LogP contribution in [0.1, 0.15) is 55.6 Å². The van der Waals surface area contributed by atoms with E-state index in [-0.39, 0.29) is 5.41 Å². The Labute approximate surface area is 203 Å². The molecule has 2 saturated carbocycles. The van der Waals surface area contributed by atoms with Gasteiger partial charge in [-0.15, -0.1) is 0 Å². The van der Waals surface area contributed by atoms with Crippen LogP contribution in [0.2, 0.25) is 0 Å². The number of rotatable bonds is 10. The summed E-state index contributed by atoms with van der Waals surface area (Å²) in [5.41, 5.74) is 2.50. The molecule has 1 heterocycles. The number of carboxylic acids is 1. The third kappa shape index (κ3) is 5.01. The van der Waals surface area contributed by atoms with Crippen molar-refractivity contribution < 1.29 is 14.6 Å². The third-order valence-electron chi connectivity index (χ3n) is 8.70. The lowest BCUT2D eigenvalue weighted by Crippen LogP contribution is -2.52. The average Bonchev–Trinajstić information content (AvgIpc) is 3.62. The highest BCUT2D eigenvalue weighted by atomic mass is 16.5. The van der Waals surface area contributed by atoms with E-state index in [0.29, 0.717) is 18.5 Å². The molecule has 5 heteroatoms. The van der Waals surface area contributed by atoms with Gasteiger partial charge in [-0.2, -0.15) is 0 Å². The first kappa shape index (κ1) is 23.4. The number of carboxylic acid groups (broad SMARTS) is 1. The summed E-state index contributed by atoms with van der Waals surface area (Å²) in [7, 11) is 1.71. The number of methoxy groups -OCH3 is 1. The fraction of sp³-hybridized carbons (Fsp3) is 0.552. The summed E-state index contributed by atoms with van der Waals surface area (Å²) >= 11 is 0. The minimum Gasteiger partial charge on any atom is -0.497 e. The Hall–Kier alpha value is -2.37. The molecule has 0 radical (unpaired) electrons. The molecule has 1 aliphatic heterocycles. The fourth-order valence-electron chi connectivity index (χ4n) is 6.09. The van der Waals surface area contributed by atoms with Crippen molar-refractivity contribution >= 4 is 5.97 Å². The predicted octanol–water partition coefficient (Wildman–Crippen LogP) is 4.72. The Morgan fingerprint density at radius 2 is 1.76 bits per heavy atom. The van der Waals surface area contributed by atoms with Gasteiger partial charge in [0.2, 0.25) is 0 Å². The largest absolute Gasteiger partial charge is 0.497 e. The fourth-order valence-corrected chi connectivity index (χ4v) is 6.09. The second-order valence-corrected chi connectivity index (χ2v) is 11.0. The maximum absolute atomic E-state index is 11.9. The van der Waals surface area contributed by atoms with Crippen molar-refractivity contribution in [3.05, 3.63) is 65.7 Å². The van der Waals surface area contributed by atoms with Crippen molar-refractivity contribution in [1.29, 1.82) is 0 Å². The monoisotopic (exact) mass is 462 g/mol. The number of nitrogens with zero attached hydrogens (tertiary/aromatic N) is 1. The lowest BCUT2D eigenvalue weighted by Gasteiger charge is -2.47. The van der Waals surface area contributed by atoms with Crippen molar-refractivity contribution in [3.63, 3.8) is 0 Å². The van der Waals surface area contributed by atoms with E-state index >= 15 is 0 Å². The molecule has 2 aromatic carbocycles. The molecule has 34 heavy (non-hydrogen) atoms. The molecule has 2 aliphatic carbocycles. The number of likely N-dealkylation sites (tertiary alicyclic amines) is 1. The Kier molecular flexibility index (Phi) is 6.67. The van der Waals surface area contributed by atoms with Crippen LogP contribution in [0.25, 0.3) is 0 Å². The maximum atomic E-state index is 11.9. The zero-order chi connectivity index (χ0) is 23.6. The lowest BCUT2D eigenvalue weighted by atomic mass is 9.67. The Bertz CT molecular complexity index is 963. The number of benzene rings is 2. The van der Waals surface area contributed by atoms with Gasteiger partial charge in [0.05, 0.1) is 12.5 Å². The molecule has 0 bridgehead atoms. The minimum absolute atomic E-state index is 0.199. The maximum Gasteiger partial charge on any atom is 0.310 e. The summed E-state index contributed by atoms with van der Waals surface area (Å²) in [6.45, 7) is 3.71. The number of aliphatic carboxylic acids is 1. The van der Waals surface area contributed by atoms with E-state index in [0.717, 1.165) is 63.9 Å².